The Morgan fingerprint density at radius 1 is 1.67 bits per heavy atom. The molecule has 0 spiro atoms. The third-order valence-electron chi connectivity index (χ3n) is 1.89. The van der Waals surface area contributed by atoms with Crippen LogP contribution in [0.4, 0.5) is 5.82 Å². The lowest BCUT2D eigenvalue weighted by Gasteiger charge is -2.09. The predicted molar refractivity (Wildman–Crippen MR) is 53.0 cm³/mol. The Hall–Kier alpha value is -1.57. The van der Waals surface area contributed by atoms with E-state index >= 15 is 0 Å². The standard InChI is InChI=1S/C7H11N3O4S/c1-4-3-8-9-6(4)10-15(13,14)5(2)7(11)12/h3,5H,1-2H3,(H,11,12)(H2,8,9,10). The number of nitrogens with zero attached hydrogens (tertiary/aromatic N) is 1. The van der Waals surface area contributed by atoms with Gasteiger partial charge in [0.2, 0.25) is 10.0 Å². The molecule has 1 heterocycles. The molecule has 0 amide bonds. The van der Waals surface area contributed by atoms with Gasteiger partial charge in [-0.25, -0.2) is 8.42 Å². The molecule has 8 heteroatoms. The minimum atomic E-state index is -3.93. The number of aromatic amines is 1. The Balaban J connectivity index is 2.91. The third-order valence-corrected chi connectivity index (χ3v) is 3.51. The Kier molecular flexibility index (Phi) is 2.98. The molecule has 3 N–H and O–H groups in total. The highest BCUT2D eigenvalue weighted by atomic mass is 32.2. The van der Waals surface area contributed by atoms with Gasteiger partial charge in [0, 0.05) is 5.56 Å². The smallest absolute Gasteiger partial charge is 0.323 e. The minimum absolute atomic E-state index is 0.183. The van der Waals surface area contributed by atoms with E-state index in [2.05, 4.69) is 14.9 Å². The number of nitrogens with one attached hydrogen (secondary N) is 2. The van der Waals surface area contributed by atoms with E-state index < -0.39 is 21.2 Å². The molecule has 0 aliphatic rings. The van der Waals surface area contributed by atoms with E-state index in [0.29, 0.717) is 5.56 Å². The first-order valence-corrected chi connectivity index (χ1v) is 5.63. The number of hydrogen-bond donors (Lipinski definition) is 3. The summed E-state index contributed by atoms with van der Waals surface area (Å²) in [4.78, 5) is 10.5. The monoisotopic (exact) mass is 233 g/mol. The zero-order chi connectivity index (χ0) is 11.6. The van der Waals surface area contributed by atoms with Gasteiger partial charge in [0.25, 0.3) is 0 Å². The number of rotatable bonds is 4. The number of anilines is 1. The first kappa shape index (κ1) is 11.5. The van der Waals surface area contributed by atoms with Crippen LogP contribution in [0, 0.1) is 6.92 Å². The molecule has 1 aromatic rings. The number of carbonyl (C=O) groups is 1. The second kappa shape index (κ2) is 3.89. The molecule has 1 aromatic heterocycles. The van der Waals surface area contributed by atoms with Gasteiger partial charge in [-0.05, 0) is 13.8 Å². The van der Waals surface area contributed by atoms with Crippen molar-refractivity contribution in [3.8, 4) is 0 Å². The van der Waals surface area contributed by atoms with Crippen molar-refractivity contribution in [2.75, 3.05) is 4.72 Å². The first-order chi connectivity index (χ1) is 6.84. The molecule has 1 rings (SSSR count). The molecule has 1 unspecified atom stereocenters. The lowest BCUT2D eigenvalue weighted by atomic mass is 10.4. The maximum Gasteiger partial charge on any atom is 0.323 e. The highest BCUT2D eigenvalue weighted by Crippen LogP contribution is 2.13. The summed E-state index contributed by atoms with van der Waals surface area (Å²) in [6.07, 6.45) is 1.43. The summed E-state index contributed by atoms with van der Waals surface area (Å²) in [5.41, 5.74) is 0.594. The number of aromatic nitrogens is 2. The van der Waals surface area contributed by atoms with Crippen molar-refractivity contribution in [2.24, 2.45) is 0 Å². The number of H-pyrrole nitrogens is 1. The molecule has 1 atom stereocenters. The van der Waals surface area contributed by atoms with Crippen LogP contribution < -0.4 is 4.72 Å². The fourth-order valence-electron chi connectivity index (χ4n) is 0.813. The molecule has 0 fully saturated rings. The van der Waals surface area contributed by atoms with Gasteiger partial charge < -0.3 is 5.11 Å². The highest BCUT2D eigenvalue weighted by Gasteiger charge is 2.28. The fraction of sp³-hybridized carbons (Fsp3) is 0.429. The van der Waals surface area contributed by atoms with Crippen LogP contribution in [-0.2, 0) is 14.8 Å². The molecule has 0 saturated heterocycles. The van der Waals surface area contributed by atoms with Crippen molar-refractivity contribution in [3.63, 3.8) is 0 Å². The molecule has 0 saturated carbocycles. The van der Waals surface area contributed by atoms with Crippen molar-refractivity contribution in [3.05, 3.63) is 11.8 Å². The average molecular weight is 233 g/mol. The summed E-state index contributed by atoms with van der Waals surface area (Å²) in [6.45, 7) is 2.74. The molecule has 0 aliphatic heterocycles. The van der Waals surface area contributed by atoms with Gasteiger partial charge in [0.15, 0.2) is 5.25 Å². The average Bonchev–Trinajstić information content (AvgIpc) is 2.50. The van der Waals surface area contributed by atoms with Crippen LogP contribution in [0.15, 0.2) is 6.20 Å². The quantitative estimate of drug-likeness (QED) is 0.674. The van der Waals surface area contributed by atoms with Crippen molar-refractivity contribution in [1.29, 1.82) is 0 Å². The Morgan fingerprint density at radius 2 is 2.27 bits per heavy atom. The molecule has 0 bridgehead atoms. The van der Waals surface area contributed by atoms with Crippen LogP contribution in [-0.4, -0.2) is 34.9 Å². The van der Waals surface area contributed by atoms with Gasteiger partial charge in [-0.2, -0.15) is 5.10 Å². The molecule has 0 aromatic carbocycles. The van der Waals surface area contributed by atoms with Crippen LogP contribution >= 0.6 is 0 Å². The molecule has 84 valence electrons. The van der Waals surface area contributed by atoms with Crippen molar-refractivity contribution in [2.45, 2.75) is 19.1 Å². The number of carboxylic acid groups (broad SMARTS) is 1. The zero-order valence-electron chi connectivity index (χ0n) is 8.18. The maximum absolute atomic E-state index is 11.5. The zero-order valence-corrected chi connectivity index (χ0v) is 9.00. The van der Waals surface area contributed by atoms with Crippen molar-refractivity contribution in [1.82, 2.24) is 10.2 Å². The lowest BCUT2D eigenvalue weighted by Crippen LogP contribution is -2.32. The van der Waals surface area contributed by atoms with E-state index in [0.717, 1.165) is 6.92 Å². The van der Waals surface area contributed by atoms with Crippen LogP contribution in [0.5, 0.6) is 0 Å². The fourth-order valence-corrected chi connectivity index (χ4v) is 1.75. The van der Waals surface area contributed by atoms with E-state index in [9.17, 15) is 13.2 Å². The normalized spacial score (nSPS) is 13.5. The number of sulfonamides is 1. The maximum atomic E-state index is 11.5. The van der Waals surface area contributed by atoms with Gasteiger partial charge in [-0.15, -0.1) is 0 Å². The Bertz CT molecular complexity index is 464. The molecular formula is C7H11N3O4S. The van der Waals surface area contributed by atoms with Gasteiger partial charge in [-0.3, -0.25) is 14.6 Å². The van der Waals surface area contributed by atoms with Crippen LogP contribution in [0.25, 0.3) is 0 Å². The largest absolute Gasteiger partial charge is 0.480 e. The summed E-state index contributed by atoms with van der Waals surface area (Å²) < 4.78 is 25.0. The van der Waals surface area contributed by atoms with Crippen molar-refractivity contribution < 1.29 is 18.3 Å². The van der Waals surface area contributed by atoms with Crippen LogP contribution in [0.1, 0.15) is 12.5 Å². The summed E-state index contributed by atoms with van der Waals surface area (Å²) in [7, 11) is -3.93. The molecule has 7 nitrogen and oxygen atoms in total. The second-order valence-corrected chi connectivity index (χ2v) is 5.06. The number of aliphatic carboxylic acids is 1. The van der Waals surface area contributed by atoms with Gasteiger partial charge >= 0.3 is 5.97 Å². The first-order valence-electron chi connectivity index (χ1n) is 4.09. The molecule has 15 heavy (non-hydrogen) atoms. The van der Waals surface area contributed by atoms with E-state index in [-0.39, 0.29) is 5.82 Å². The van der Waals surface area contributed by atoms with E-state index in [1.165, 1.54) is 6.20 Å². The summed E-state index contributed by atoms with van der Waals surface area (Å²) in [5.74, 6) is -1.22. The molecule has 0 aliphatic carbocycles. The molecule has 0 radical (unpaired) electrons. The Morgan fingerprint density at radius 3 is 2.67 bits per heavy atom. The van der Waals surface area contributed by atoms with E-state index in [4.69, 9.17) is 5.11 Å². The number of hydrogen-bond acceptors (Lipinski definition) is 4. The summed E-state index contributed by atoms with van der Waals surface area (Å²) >= 11 is 0. The van der Waals surface area contributed by atoms with Crippen LogP contribution in [0.3, 0.4) is 0 Å². The number of carboxylic acids is 1. The van der Waals surface area contributed by atoms with Gasteiger partial charge in [0.05, 0.1) is 6.20 Å². The summed E-state index contributed by atoms with van der Waals surface area (Å²) in [6, 6.07) is 0. The third kappa shape index (κ3) is 2.46. The van der Waals surface area contributed by atoms with Crippen molar-refractivity contribution >= 4 is 21.8 Å². The second-order valence-electron chi connectivity index (χ2n) is 3.06. The SMILES string of the molecule is Cc1cn[nH]c1NS(=O)(=O)C(C)C(=O)O. The number of aryl methyl sites for hydroxylation is 1. The topological polar surface area (TPSA) is 112 Å². The molecular weight excluding hydrogens is 222 g/mol. The lowest BCUT2D eigenvalue weighted by molar-refractivity contribution is -0.136. The van der Waals surface area contributed by atoms with Gasteiger partial charge in [0.1, 0.15) is 5.82 Å². The van der Waals surface area contributed by atoms with Crippen LogP contribution in [0.2, 0.25) is 0 Å². The van der Waals surface area contributed by atoms with E-state index in [1.807, 2.05) is 0 Å². The Labute approximate surface area is 86.6 Å². The predicted octanol–water partition coefficient (Wildman–Crippen LogP) is -0.0671. The summed E-state index contributed by atoms with van der Waals surface area (Å²) in [5, 5.41) is 13.1. The van der Waals surface area contributed by atoms with E-state index in [1.54, 1.807) is 6.92 Å². The van der Waals surface area contributed by atoms with Gasteiger partial charge in [-0.1, -0.05) is 0 Å². The highest BCUT2D eigenvalue weighted by molar-refractivity contribution is 7.94. The minimum Gasteiger partial charge on any atom is -0.480 e.